The second-order valence-corrected chi connectivity index (χ2v) is 20.7. The summed E-state index contributed by atoms with van der Waals surface area (Å²) in [5.74, 6) is -2.59. The van der Waals surface area contributed by atoms with Crippen LogP contribution in [0.15, 0.2) is 71.6 Å². The highest BCUT2D eigenvalue weighted by molar-refractivity contribution is 7.91. The van der Waals surface area contributed by atoms with E-state index in [0.29, 0.717) is 44.5 Å². The zero-order chi connectivity index (χ0) is 47.1. The molecule has 3 aromatic carbocycles. The Hall–Kier alpha value is -5.17. The van der Waals surface area contributed by atoms with Gasteiger partial charge in [0.1, 0.15) is 12.4 Å². The fourth-order valence-corrected chi connectivity index (χ4v) is 10.1. The van der Waals surface area contributed by atoms with Crippen molar-refractivity contribution >= 4 is 50.6 Å². The van der Waals surface area contributed by atoms with E-state index in [1.807, 2.05) is 31.2 Å². The molecule has 0 bridgehead atoms. The zero-order valence-electron chi connectivity index (χ0n) is 39.0. The summed E-state index contributed by atoms with van der Waals surface area (Å²) in [6.45, 7) is 10.7. The van der Waals surface area contributed by atoms with Crippen molar-refractivity contribution in [3.8, 4) is 5.75 Å². The maximum absolute atomic E-state index is 14.2. The number of rotatable bonds is 25. The number of ketones is 3. The topological polar surface area (TPSA) is 173 Å². The molecular weight excluding hydrogens is 843 g/mol. The van der Waals surface area contributed by atoms with E-state index in [4.69, 9.17) is 4.74 Å². The number of amides is 3. The number of nitrogens with one attached hydrogen (secondary N) is 2. The molecule has 0 radical (unpaired) electrons. The molecule has 13 heteroatoms. The van der Waals surface area contributed by atoms with Gasteiger partial charge < -0.3 is 15.0 Å². The molecule has 0 saturated carbocycles. The Morgan fingerprint density at radius 1 is 0.892 bits per heavy atom. The smallest absolute Gasteiger partial charge is 0.291 e. The van der Waals surface area contributed by atoms with Gasteiger partial charge in [0, 0.05) is 43.5 Å². The van der Waals surface area contributed by atoms with Gasteiger partial charge in [-0.3, -0.25) is 34.1 Å². The van der Waals surface area contributed by atoms with Gasteiger partial charge in [-0.25, -0.2) is 8.42 Å². The molecule has 2 aliphatic heterocycles. The number of nitrogens with zero attached hydrogens (tertiary/aromatic N) is 1. The Balaban J connectivity index is 1.07. The van der Waals surface area contributed by atoms with Crippen molar-refractivity contribution in [3.05, 3.63) is 89.0 Å². The molecule has 3 amide bonds. The SMILES string of the molecule is CCC(C)(C)C(=O)C(=O)N1CCCCC1C(=O)C[C@H](CCc1ccc(C)c(C)c1)c1cccc(OCC(=O)CCCCCCCNc2ccc(S(=O)(=O)CC3CCC(=O)NC3=O)cc2)c1. The quantitative estimate of drug-likeness (QED) is 0.0476. The highest BCUT2D eigenvalue weighted by Gasteiger charge is 2.40. The standard InChI is InChI=1S/C52H69N3O9S/c1-6-52(4,5)49(59)51(61)55-30-13-11-18-46(55)47(57)33-40(22-21-38-20-19-36(2)37(3)31-38)39-15-14-17-44(32-39)64-34-43(56)16-10-8-7-9-12-29-53-42-24-26-45(27-25-42)65(62,63)35-41-23-28-48(58)54-50(41)60/h14-15,17,19-20,24-27,31-32,40-41,46,53H,6-13,16,18,21-23,28-30,33-35H2,1-5H3,(H,54,58,60)/t40-,41?,46?/m0/s1. The molecular formula is C52H69N3O9S. The van der Waals surface area contributed by atoms with Crippen LogP contribution in [0.25, 0.3) is 0 Å². The van der Waals surface area contributed by atoms with Crippen LogP contribution in [-0.2, 0) is 45.0 Å². The van der Waals surface area contributed by atoms with E-state index in [1.54, 1.807) is 26.0 Å². The van der Waals surface area contributed by atoms with Crippen LogP contribution < -0.4 is 15.4 Å². The number of hydrogen-bond acceptors (Lipinski definition) is 10. The number of Topliss-reactive ketones (excluding diaryl/α,β-unsaturated/α-hetero) is 3. The maximum Gasteiger partial charge on any atom is 0.291 e. The van der Waals surface area contributed by atoms with Crippen LogP contribution in [0.3, 0.4) is 0 Å². The molecule has 65 heavy (non-hydrogen) atoms. The average Bonchev–Trinajstić information content (AvgIpc) is 3.29. The number of piperidine rings is 2. The third-order valence-corrected chi connectivity index (χ3v) is 15.1. The largest absolute Gasteiger partial charge is 0.486 e. The Bertz CT molecular complexity index is 2270. The molecule has 352 valence electrons. The number of anilines is 1. The first-order valence-electron chi connectivity index (χ1n) is 23.6. The van der Waals surface area contributed by atoms with Crippen molar-refractivity contribution in [1.82, 2.24) is 10.2 Å². The summed E-state index contributed by atoms with van der Waals surface area (Å²) in [4.78, 5) is 79.0. The van der Waals surface area contributed by atoms with E-state index in [0.717, 1.165) is 62.6 Å². The van der Waals surface area contributed by atoms with Gasteiger partial charge in [-0.15, -0.1) is 0 Å². The molecule has 5 rings (SSSR count). The number of carbonyl (C=O) groups is 6. The zero-order valence-corrected chi connectivity index (χ0v) is 39.9. The molecule has 2 unspecified atom stereocenters. The molecule has 2 fully saturated rings. The third-order valence-electron chi connectivity index (χ3n) is 13.3. The maximum atomic E-state index is 14.2. The molecule has 3 atom stereocenters. The summed E-state index contributed by atoms with van der Waals surface area (Å²) >= 11 is 0. The van der Waals surface area contributed by atoms with Crippen molar-refractivity contribution in [2.75, 3.05) is 30.8 Å². The van der Waals surface area contributed by atoms with Gasteiger partial charge in [-0.05, 0) is 136 Å². The van der Waals surface area contributed by atoms with Gasteiger partial charge in [0.25, 0.3) is 5.91 Å². The minimum Gasteiger partial charge on any atom is -0.486 e. The van der Waals surface area contributed by atoms with Crippen LogP contribution in [0.2, 0.25) is 0 Å². The summed E-state index contributed by atoms with van der Waals surface area (Å²) in [5, 5.41) is 5.53. The second kappa shape index (κ2) is 23.8. The van der Waals surface area contributed by atoms with E-state index in [2.05, 4.69) is 42.7 Å². The fraction of sp³-hybridized carbons (Fsp3) is 0.538. The number of ether oxygens (including phenoxy) is 1. The number of unbranched alkanes of at least 4 members (excludes halogenated alkanes) is 4. The first kappa shape index (κ1) is 50.8. The second-order valence-electron chi connectivity index (χ2n) is 18.7. The van der Waals surface area contributed by atoms with Gasteiger partial charge >= 0.3 is 0 Å². The predicted octanol–water partition coefficient (Wildman–Crippen LogP) is 8.59. The molecule has 12 nitrogen and oxygen atoms in total. The van der Waals surface area contributed by atoms with Crippen LogP contribution in [0.1, 0.15) is 139 Å². The highest BCUT2D eigenvalue weighted by Crippen LogP contribution is 2.32. The van der Waals surface area contributed by atoms with Crippen LogP contribution in [0.4, 0.5) is 5.69 Å². The van der Waals surface area contributed by atoms with Crippen molar-refractivity contribution in [2.45, 2.75) is 148 Å². The molecule has 2 saturated heterocycles. The van der Waals surface area contributed by atoms with Crippen molar-refractivity contribution in [2.24, 2.45) is 11.3 Å². The predicted molar refractivity (Wildman–Crippen MR) is 253 cm³/mol. The van der Waals surface area contributed by atoms with Gasteiger partial charge in [0.15, 0.2) is 21.4 Å². The minimum atomic E-state index is -3.68. The third kappa shape index (κ3) is 14.9. The number of benzene rings is 3. The number of imide groups is 1. The highest BCUT2D eigenvalue weighted by atomic mass is 32.2. The van der Waals surface area contributed by atoms with Gasteiger partial charge in [-0.2, -0.15) is 0 Å². The molecule has 0 aliphatic carbocycles. The van der Waals surface area contributed by atoms with E-state index in [1.165, 1.54) is 33.7 Å². The number of likely N-dealkylation sites (tertiary alicyclic amines) is 1. The number of sulfone groups is 1. The molecule has 2 N–H and O–H groups in total. The molecule has 3 aromatic rings. The Morgan fingerprint density at radius 2 is 1.63 bits per heavy atom. The van der Waals surface area contributed by atoms with Gasteiger partial charge in [0.2, 0.25) is 17.6 Å². The Kier molecular flexibility index (Phi) is 18.6. The number of hydrogen-bond donors (Lipinski definition) is 2. The lowest BCUT2D eigenvalue weighted by molar-refractivity contribution is -0.153. The lowest BCUT2D eigenvalue weighted by Crippen LogP contribution is -2.52. The van der Waals surface area contributed by atoms with Crippen molar-refractivity contribution < 1.29 is 41.9 Å². The molecule has 0 spiro atoms. The van der Waals surface area contributed by atoms with E-state index >= 15 is 0 Å². The van der Waals surface area contributed by atoms with Gasteiger partial charge in [-0.1, -0.05) is 70.4 Å². The first-order chi connectivity index (χ1) is 31.0. The summed E-state index contributed by atoms with van der Waals surface area (Å²) in [6, 6.07) is 19.9. The number of aryl methyl sites for hydroxylation is 3. The minimum absolute atomic E-state index is 0.0176. The lowest BCUT2D eigenvalue weighted by atomic mass is 9.82. The van der Waals surface area contributed by atoms with Crippen molar-refractivity contribution in [1.29, 1.82) is 0 Å². The van der Waals surface area contributed by atoms with E-state index in [9.17, 15) is 37.2 Å². The molecule has 2 aliphatic rings. The molecule has 2 heterocycles. The van der Waals surface area contributed by atoms with Crippen LogP contribution in [-0.4, -0.2) is 79.9 Å². The van der Waals surface area contributed by atoms with Crippen LogP contribution in [0, 0.1) is 25.2 Å². The average molecular weight is 912 g/mol. The number of carbonyl (C=O) groups excluding carboxylic acids is 6. The first-order valence-corrected chi connectivity index (χ1v) is 25.2. The van der Waals surface area contributed by atoms with Gasteiger partial charge in [0.05, 0.1) is 22.6 Å². The molecule has 0 aromatic heterocycles. The van der Waals surface area contributed by atoms with Crippen molar-refractivity contribution in [3.63, 3.8) is 0 Å². The summed E-state index contributed by atoms with van der Waals surface area (Å²) in [7, 11) is -3.68. The Labute approximate surface area is 386 Å². The van der Waals surface area contributed by atoms with Crippen LogP contribution >= 0.6 is 0 Å². The van der Waals surface area contributed by atoms with E-state index < -0.39 is 44.8 Å². The summed E-state index contributed by atoms with van der Waals surface area (Å²) in [6.07, 6.45) is 9.64. The van der Waals surface area contributed by atoms with Crippen LogP contribution in [0.5, 0.6) is 5.75 Å². The summed E-state index contributed by atoms with van der Waals surface area (Å²) < 4.78 is 31.8. The fourth-order valence-electron chi connectivity index (χ4n) is 8.50. The lowest BCUT2D eigenvalue weighted by Gasteiger charge is -2.36. The Morgan fingerprint density at radius 3 is 2.35 bits per heavy atom. The van der Waals surface area contributed by atoms with E-state index in [-0.39, 0.29) is 59.9 Å². The summed E-state index contributed by atoms with van der Waals surface area (Å²) in [5.41, 5.74) is 4.56. The normalized spacial score (nSPS) is 17.3. The monoisotopic (exact) mass is 911 g/mol.